The Morgan fingerprint density at radius 2 is 1.40 bits per heavy atom. The molecule has 10 nitrogen and oxygen atoms in total. The molecule has 208 valence electrons. The summed E-state index contributed by atoms with van der Waals surface area (Å²) < 4.78 is 10.7. The predicted octanol–water partition coefficient (Wildman–Crippen LogP) is 2.98. The van der Waals surface area contributed by atoms with Crippen molar-refractivity contribution in [2.24, 2.45) is 0 Å². The Kier molecular flexibility index (Phi) is 9.13. The van der Waals surface area contributed by atoms with E-state index in [1.807, 2.05) is 54.6 Å². The monoisotopic (exact) mass is 546 g/mol. The van der Waals surface area contributed by atoms with Gasteiger partial charge in [0.15, 0.2) is 6.04 Å². The molecule has 0 heterocycles. The molecule has 10 heteroatoms. The summed E-state index contributed by atoms with van der Waals surface area (Å²) in [6, 6.07) is 21.3. The first-order valence-corrected chi connectivity index (χ1v) is 12.8. The largest absolute Gasteiger partial charge is 0.480 e. The minimum absolute atomic E-state index is 0.0297. The second-order valence-electron chi connectivity index (χ2n) is 9.44. The maximum atomic E-state index is 12.9. The van der Waals surface area contributed by atoms with Crippen molar-refractivity contribution in [3.8, 4) is 11.1 Å². The summed E-state index contributed by atoms with van der Waals surface area (Å²) in [7, 11) is 0. The maximum Gasteiger partial charge on any atom is 0.407 e. The van der Waals surface area contributed by atoms with Gasteiger partial charge in [-0.1, -0.05) is 78.9 Å². The first-order chi connectivity index (χ1) is 19.2. The Hall–Kier alpha value is -4.70. The van der Waals surface area contributed by atoms with Crippen molar-refractivity contribution in [3.63, 3.8) is 0 Å². The highest BCUT2D eigenvalue weighted by molar-refractivity contribution is 5.92. The van der Waals surface area contributed by atoms with Crippen molar-refractivity contribution in [3.05, 3.63) is 95.6 Å². The minimum Gasteiger partial charge on any atom is -0.480 e. The minimum atomic E-state index is -1.65. The number of carboxylic acids is 1. The van der Waals surface area contributed by atoms with Crippen molar-refractivity contribution >= 4 is 23.9 Å². The molecular weight excluding hydrogens is 516 g/mol. The van der Waals surface area contributed by atoms with Crippen LogP contribution in [0.25, 0.3) is 11.1 Å². The van der Waals surface area contributed by atoms with Gasteiger partial charge in [0.1, 0.15) is 19.3 Å². The van der Waals surface area contributed by atoms with Crippen LogP contribution in [-0.4, -0.2) is 58.9 Å². The third-order valence-corrected chi connectivity index (χ3v) is 6.61. The number of fused-ring (bicyclic) bond motifs is 3. The van der Waals surface area contributed by atoms with Gasteiger partial charge in [0, 0.05) is 5.92 Å². The van der Waals surface area contributed by atoms with Gasteiger partial charge in [0.2, 0.25) is 5.91 Å². The molecule has 4 rings (SSSR count). The molecule has 0 bridgehead atoms. The number of esters is 1. The van der Waals surface area contributed by atoms with Gasteiger partial charge in [-0.25, -0.2) is 9.59 Å². The summed E-state index contributed by atoms with van der Waals surface area (Å²) in [6.07, 6.45) is -2.99. The Morgan fingerprint density at radius 3 is 1.98 bits per heavy atom. The Labute approximate surface area is 230 Å². The molecular formula is C30H30N2O8. The predicted molar refractivity (Wildman–Crippen MR) is 144 cm³/mol. The fourth-order valence-electron chi connectivity index (χ4n) is 4.60. The number of benzene rings is 3. The smallest absolute Gasteiger partial charge is 0.407 e. The molecule has 2 unspecified atom stereocenters. The number of hydrogen-bond acceptors (Lipinski definition) is 7. The van der Waals surface area contributed by atoms with Crippen LogP contribution in [0, 0.1) is 0 Å². The lowest BCUT2D eigenvalue weighted by atomic mass is 9.98. The second-order valence-corrected chi connectivity index (χ2v) is 9.44. The number of carboxylic acid groups (broad SMARTS) is 1. The van der Waals surface area contributed by atoms with Crippen molar-refractivity contribution in [2.45, 2.75) is 44.1 Å². The number of carbonyl (C=O) groups excluding carboxylic acids is 3. The second kappa shape index (κ2) is 12.9. The van der Waals surface area contributed by atoms with Crippen molar-refractivity contribution < 1.29 is 38.9 Å². The van der Waals surface area contributed by atoms with Crippen molar-refractivity contribution in [1.82, 2.24) is 10.6 Å². The Bertz CT molecular complexity index is 1330. The highest BCUT2D eigenvalue weighted by Crippen LogP contribution is 2.44. The first-order valence-electron chi connectivity index (χ1n) is 12.8. The summed E-state index contributed by atoms with van der Waals surface area (Å²) in [5, 5.41) is 23.6. The fourth-order valence-corrected chi connectivity index (χ4v) is 4.60. The van der Waals surface area contributed by atoms with E-state index in [1.54, 1.807) is 24.3 Å². The Balaban J connectivity index is 1.43. The van der Waals surface area contributed by atoms with E-state index in [-0.39, 0.29) is 19.1 Å². The molecule has 3 atom stereocenters. The molecule has 0 aliphatic heterocycles. The third kappa shape index (κ3) is 6.83. The molecule has 0 spiro atoms. The van der Waals surface area contributed by atoms with E-state index < -0.39 is 48.5 Å². The molecule has 3 aromatic rings. The summed E-state index contributed by atoms with van der Waals surface area (Å²) >= 11 is 0. The average Bonchev–Trinajstić information content (AvgIpc) is 3.27. The van der Waals surface area contributed by atoms with Gasteiger partial charge in [0.05, 0.1) is 12.5 Å². The maximum absolute atomic E-state index is 12.9. The van der Waals surface area contributed by atoms with E-state index in [9.17, 15) is 29.4 Å². The summed E-state index contributed by atoms with van der Waals surface area (Å²) in [5.41, 5.74) is 4.81. The quantitative estimate of drug-likeness (QED) is 0.268. The van der Waals surface area contributed by atoms with Crippen LogP contribution >= 0.6 is 0 Å². The molecule has 0 fully saturated rings. The lowest BCUT2D eigenvalue weighted by molar-refractivity contribution is -0.148. The van der Waals surface area contributed by atoms with Crippen LogP contribution in [0.1, 0.15) is 36.0 Å². The van der Waals surface area contributed by atoms with Crippen molar-refractivity contribution in [2.75, 3.05) is 6.61 Å². The number of hydrogen-bond donors (Lipinski definition) is 4. The molecule has 0 saturated heterocycles. The SMILES string of the molecule is CC(O)C(NC(=O)[C@H](CC(=O)OCc1ccccc1)NC(=O)OCC1c2ccccc2-c2ccccc21)C(=O)O. The number of rotatable bonds is 11. The van der Waals surface area contributed by atoms with Gasteiger partial charge in [0.25, 0.3) is 0 Å². The van der Waals surface area contributed by atoms with Gasteiger partial charge in [-0.3, -0.25) is 9.59 Å². The third-order valence-electron chi connectivity index (χ3n) is 6.61. The number of aliphatic carboxylic acids is 1. The average molecular weight is 547 g/mol. The number of aliphatic hydroxyl groups excluding tert-OH is 1. The topological polar surface area (TPSA) is 151 Å². The standard InChI is InChI=1S/C30H30N2O8/c1-18(33)27(29(36)37)32-28(35)25(15-26(34)39-16-19-9-3-2-4-10-19)31-30(38)40-17-24-22-13-7-5-11-20(22)21-12-6-8-14-23(21)24/h2-14,18,24-25,27,33H,15-17H2,1H3,(H,31,38)(H,32,35)(H,36,37)/t18?,25-,27?/m0/s1. The van der Waals surface area contributed by atoms with Gasteiger partial charge in [-0.15, -0.1) is 0 Å². The van der Waals surface area contributed by atoms with E-state index in [2.05, 4.69) is 10.6 Å². The van der Waals surface area contributed by atoms with Gasteiger partial charge >= 0.3 is 18.0 Å². The van der Waals surface area contributed by atoms with E-state index in [0.717, 1.165) is 27.8 Å². The highest BCUT2D eigenvalue weighted by atomic mass is 16.5. The molecule has 1 aliphatic carbocycles. The number of carbonyl (C=O) groups is 4. The van der Waals surface area contributed by atoms with Gasteiger partial charge < -0.3 is 30.3 Å². The number of nitrogens with one attached hydrogen (secondary N) is 2. The number of ether oxygens (including phenoxy) is 2. The molecule has 1 aliphatic rings. The van der Waals surface area contributed by atoms with Crippen LogP contribution in [0.15, 0.2) is 78.9 Å². The van der Waals surface area contributed by atoms with E-state index in [4.69, 9.17) is 9.47 Å². The lowest BCUT2D eigenvalue weighted by Crippen LogP contribution is -2.55. The number of alkyl carbamates (subject to hydrolysis) is 1. The van der Waals surface area contributed by atoms with Gasteiger partial charge in [-0.2, -0.15) is 0 Å². The highest BCUT2D eigenvalue weighted by Gasteiger charge is 2.33. The van der Waals surface area contributed by atoms with E-state index in [0.29, 0.717) is 0 Å². The fraction of sp³-hybridized carbons (Fsp3) is 0.267. The van der Waals surface area contributed by atoms with Crippen molar-refractivity contribution in [1.29, 1.82) is 0 Å². The summed E-state index contributed by atoms with van der Waals surface area (Å²) in [6.45, 7) is 1.11. The zero-order valence-corrected chi connectivity index (χ0v) is 21.8. The van der Waals surface area contributed by atoms with Crippen LogP contribution in [0.4, 0.5) is 4.79 Å². The van der Waals surface area contributed by atoms with Crippen LogP contribution in [0.3, 0.4) is 0 Å². The molecule has 0 radical (unpaired) electrons. The molecule has 40 heavy (non-hydrogen) atoms. The molecule has 4 N–H and O–H groups in total. The lowest BCUT2D eigenvalue weighted by Gasteiger charge is -2.22. The first kappa shape index (κ1) is 28.3. The zero-order valence-electron chi connectivity index (χ0n) is 21.8. The van der Waals surface area contributed by atoms with Gasteiger partial charge in [-0.05, 0) is 34.7 Å². The number of aliphatic hydroxyl groups is 1. The van der Waals surface area contributed by atoms with Crippen LogP contribution in [0.5, 0.6) is 0 Å². The molecule has 0 saturated carbocycles. The van der Waals surface area contributed by atoms with E-state index >= 15 is 0 Å². The molecule has 3 aromatic carbocycles. The molecule has 0 aromatic heterocycles. The zero-order chi connectivity index (χ0) is 28.6. The van der Waals surface area contributed by atoms with Crippen LogP contribution in [0.2, 0.25) is 0 Å². The number of amides is 2. The van der Waals surface area contributed by atoms with Crippen LogP contribution < -0.4 is 10.6 Å². The van der Waals surface area contributed by atoms with E-state index in [1.165, 1.54) is 6.92 Å². The molecule has 2 amide bonds. The normalized spacial score (nSPS) is 14.2. The van der Waals surface area contributed by atoms with Crippen LogP contribution in [-0.2, 0) is 30.5 Å². The summed E-state index contributed by atoms with van der Waals surface area (Å²) in [4.78, 5) is 49.8. The Morgan fingerprint density at radius 1 is 0.825 bits per heavy atom. The summed E-state index contributed by atoms with van der Waals surface area (Å²) in [5.74, 6) is -3.49.